The molecular weight excluding hydrogens is 331 g/mol. The maximum Gasteiger partial charge on any atom is 0.405 e. The zero-order valence-electron chi connectivity index (χ0n) is 13.4. The largest absolute Gasteiger partial charge is 0.465 e. The number of carboxylic acid groups (broad SMARTS) is 1. The molecule has 1 aliphatic rings. The summed E-state index contributed by atoms with van der Waals surface area (Å²) < 4.78 is 18.3. The van der Waals surface area contributed by atoms with Crippen molar-refractivity contribution in [1.82, 2.24) is 10.6 Å². The lowest BCUT2D eigenvalue weighted by Crippen LogP contribution is -2.42. The minimum Gasteiger partial charge on any atom is -0.465 e. The first-order valence-corrected chi connectivity index (χ1v) is 7.81. The van der Waals surface area contributed by atoms with Crippen LogP contribution >= 0.6 is 0 Å². The number of halogens is 1. The highest BCUT2D eigenvalue weighted by Crippen LogP contribution is 2.16. The van der Waals surface area contributed by atoms with E-state index in [1.54, 1.807) is 12.2 Å². The number of carbonyl (C=O) groups is 3. The molecule has 2 rings (SSSR count). The number of esters is 1. The van der Waals surface area contributed by atoms with Crippen LogP contribution in [0.1, 0.15) is 30.9 Å². The monoisotopic (exact) mass is 350 g/mol. The van der Waals surface area contributed by atoms with E-state index in [4.69, 9.17) is 9.84 Å². The molecule has 25 heavy (non-hydrogen) atoms. The summed E-state index contributed by atoms with van der Waals surface area (Å²) in [4.78, 5) is 34.9. The van der Waals surface area contributed by atoms with Crippen LogP contribution in [0.15, 0.2) is 36.4 Å². The van der Waals surface area contributed by atoms with Crippen LogP contribution in [0, 0.1) is 5.82 Å². The summed E-state index contributed by atoms with van der Waals surface area (Å²) in [5.74, 6) is -1.39. The molecule has 0 saturated carbocycles. The SMILES string of the molecule is O=C(O)N[C@@H]1CC=CCCC(=O)N[C@H](c2ccc(F)cc2)COC1=O. The van der Waals surface area contributed by atoms with Gasteiger partial charge in [-0.25, -0.2) is 14.0 Å². The fourth-order valence-corrected chi connectivity index (χ4v) is 2.38. The molecule has 8 heteroatoms. The highest BCUT2D eigenvalue weighted by molar-refractivity contribution is 5.81. The summed E-state index contributed by atoms with van der Waals surface area (Å²) >= 11 is 0. The molecule has 2 amide bonds. The molecule has 0 spiro atoms. The van der Waals surface area contributed by atoms with Gasteiger partial charge in [0.05, 0.1) is 6.04 Å². The number of rotatable bonds is 2. The Kier molecular flexibility index (Phi) is 6.50. The van der Waals surface area contributed by atoms with Gasteiger partial charge in [0.1, 0.15) is 18.5 Å². The van der Waals surface area contributed by atoms with Gasteiger partial charge in [-0.2, -0.15) is 0 Å². The van der Waals surface area contributed by atoms with Crippen LogP contribution in [0.4, 0.5) is 9.18 Å². The first-order chi connectivity index (χ1) is 12.0. The third-order valence-corrected chi connectivity index (χ3v) is 3.66. The van der Waals surface area contributed by atoms with Crippen molar-refractivity contribution in [3.8, 4) is 0 Å². The van der Waals surface area contributed by atoms with Gasteiger partial charge in [-0.05, 0) is 30.5 Å². The van der Waals surface area contributed by atoms with Crippen LogP contribution in [-0.4, -0.2) is 35.7 Å². The fourth-order valence-electron chi connectivity index (χ4n) is 2.38. The number of benzene rings is 1. The molecule has 1 aliphatic heterocycles. The lowest BCUT2D eigenvalue weighted by Gasteiger charge is -2.21. The van der Waals surface area contributed by atoms with Crippen molar-refractivity contribution >= 4 is 18.0 Å². The second kappa shape index (κ2) is 8.81. The molecule has 7 nitrogen and oxygen atoms in total. The average Bonchev–Trinajstić information content (AvgIpc) is 2.56. The van der Waals surface area contributed by atoms with E-state index in [1.165, 1.54) is 24.3 Å². The van der Waals surface area contributed by atoms with Gasteiger partial charge in [0.2, 0.25) is 5.91 Å². The number of allylic oxidation sites excluding steroid dienone is 1. The molecule has 0 radical (unpaired) electrons. The fraction of sp³-hybridized carbons (Fsp3) is 0.353. The van der Waals surface area contributed by atoms with Crippen LogP contribution < -0.4 is 10.6 Å². The van der Waals surface area contributed by atoms with E-state index in [9.17, 15) is 18.8 Å². The van der Waals surface area contributed by atoms with E-state index in [0.717, 1.165) is 0 Å². The molecular formula is C17H19FN2O5. The topological polar surface area (TPSA) is 105 Å². The summed E-state index contributed by atoms with van der Waals surface area (Å²) in [6, 6.07) is 3.80. The third kappa shape index (κ3) is 5.91. The van der Waals surface area contributed by atoms with Gasteiger partial charge in [0.25, 0.3) is 0 Å². The van der Waals surface area contributed by atoms with E-state index in [1.807, 2.05) is 0 Å². The van der Waals surface area contributed by atoms with E-state index < -0.39 is 30.0 Å². The highest BCUT2D eigenvalue weighted by Gasteiger charge is 2.24. The summed E-state index contributed by atoms with van der Waals surface area (Å²) in [5, 5.41) is 13.7. The van der Waals surface area contributed by atoms with Crippen molar-refractivity contribution in [3.63, 3.8) is 0 Å². The van der Waals surface area contributed by atoms with Crippen LogP contribution in [-0.2, 0) is 14.3 Å². The quantitative estimate of drug-likeness (QED) is 0.558. The van der Waals surface area contributed by atoms with E-state index in [-0.39, 0.29) is 25.4 Å². The Morgan fingerprint density at radius 3 is 2.64 bits per heavy atom. The van der Waals surface area contributed by atoms with Crippen LogP contribution in [0.5, 0.6) is 0 Å². The Labute approximate surface area is 143 Å². The van der Waals surface area contributed by atoms with Crippen molar-refractivity contribution < 1.29 is 28.6 Å². The Morgan fingerprint density at radius 2 is 1.96 bits per heavy atom. The zero-order chi connectivity index (χ0) is 18.2. The number of nitrogens with one attached hydrogen (secondary N) is 2. The minimum atomic E-state index is -1.33. The third-order valence-electron chi connectivity index (χ3n) is 3.66. The van der Waals surface area contributed by atoms with Crippen LogP contribution in [0.2, 0.25) is 0 Å². The molecule has 1 heterocycles. The van der Waals surface area contributed by atoms with Gasteiger partial charge in [-0.3, -0.25) is 4.79 Å². The van der Waals surface area contributed by atoms with Crippen LogP contribution in [0.25, 0.3) is 0 Å². The lowest BCUT2D eigenvalue weighted by molar-refractivity contribution is -0.147. The molecule has 134 valence electrons. The Morgan fingerprint density at radius 1 is 1.24 bits per heavy atom. The molecule has 3 N–H and O–H groups in total. The summed E-state index contributed by atoms with van der Waals surface area (Å²) in [5.41, 5.74) is 0.581. The second-order valence-corrected chi connectivity index (χ2v) is 5.55. The Balaban J connectivity index is 2.17. The van der Waals surface area contributed by atoms with Crippen molar-refractivity contribution in [2.24, 2.45) is 0 Å². The molecule has 0 bridgehead atoms. The maximum atomic E-state index is 13.1. The Bertz CT molecular complexity index is 660. The predicted octanol–water partition coefficient (Wildman–Crippen LogP) is 1.90. The number of hydrogen-bond donors (Lipinski definition) is 3. The number of amides is 2. The molecule has 1 aromatic rings. The Hall–Kier alpha value is -2.90. The van der Waals surface area contributed by atoms with Gasteiger partial charge >= 0.3 is 12.1 Å². The maximum absolute atomic E-state index is 13.1. The molecule has 0 fully saturated rings. The van der Waals surface area contributed by atoms with Gasteiger partial charge in [0.15, 0.2) is 0 Å². The predicted molar refractivity (Wildman–Crippen MR) is 86.2 cm³/mol. The lowest BCUT2D eigenvalue weighted by atomic mass is 10.1. The molecule has 0 unspecified atom stereocenters. The number of ether oxygens (including phenoxy) is 1. The first kappa shape index (κ1) is 18.4. The number of hydrogen-bond acceptors (Lipinski definition) is 4. The van der Waals surface area contributed by atoms with E-state index in [0.29, 0.717) is 12.0 Å². The summed E-state index contributed by atoms with van der Waals surface area (Å²) in [6.07, 6.45) is 2.83. The smallest absolute Gasteiger partial charge is 0.405 e. The zero-order valence-corrected chi connectivity index (χ0v) is 13.4. The van der Waals surface area contributed by atoms with Gasteiger partial charge in [0, 0.05) is 6.42 Å². The molecule has 1 aromatic carbocycles. The van der Waals surface area contributed by atoms with E-state index in [2.05, 4.69) is 10.6 Å². The van der Waals surface area contributed by atoms with Gasteiger partial charge < -0.3 is 20.5 Å². The molecule has 0 aromatic heterocycles. The van der Waals surface area contributed by atoms with Crippen molar-refractivity contribution in [2.45, 2.75) is 31.3 Å². The minimum absolute atomic E-state index is 0.133. The van der Waals surface area contributed by atoms with Gasteiger partial charge in [-0.15, -0.1) is 0 Å². The standard InChI is InChI=1S/C17H19FN2O5/c18-12-8-6-11(7-9-12)14-10-25-16(22)13(20-17(23)24)4-2-1-3-5-15(21)19-14/h1-2,6-9,13-14,20H,3-5,10H2,(H,19,21)(H,23,24)/t13-,14+/m1/s1. The van der Waals surface area contributed by atoms with Crippen molar-refractivity contribution in [3.05, 3.63) is 47.8 Å². The summed E-state index contributed by atoms with van der Waals surface area (Å²) in [6.45, 7) is -0.183. The molecule has 2 atom stereocenters. The normalized spacial score (nSPS) is 22.1. The molecule has 0 saturated heterocycles. The van der Waals surface area contributed by atoms with Gasteiger partial charge in [-0.1, -0.05) is 24.3 Å². The highest BCUT2D eigenvalue weighted by atomic mass is 19.1. The van der Waals surface area contributed by atoms with E-state index >= 15 is 0 Å². The second-order valence-electron chi connectivity index (χ2n) is 5.55. The van der Waals surface area contributed by atoms with Crippen molar-refractivity contribution in [2.75, 3.05) is 6.61 Å². The number of cyclic esters (lactones) is 1. The summed E-state index contributed by atoms with van der Waals surface area (Å²) in [7, 11) is 0. The average molecular weight is 350 g/mol. The molecule has 0 aliphatic carbocycles. The van der Waals surface area contributed by atoms with Crippen molar-refractivity contribution in [1.29, 1.82) is 0 Å². The first-order valence-electron chi connectivity index (χ1n) is 7.81. The number of carbonyl (C=O) groups excluding carboxylic acids is 2. The van der Waals surface area contributed by atoms with Crippen LogP contribution in [0.3, 0.4) is 0 Å².